The van der Waals surface area contributed by atoms with Crippen molar-refractivity contribution < 1.29 is 0 Å². The van der Waals surface area contributed by atoms with Crippen molar-refractivity contribution >= 4 is 49.9 Å². The maximum atomic E-state index is 6.61. The van der Waals surface area contributed by atoms with Gasteiger partial charge in [-0.05, 0) is 46.5 Å². The van der Waals surface area contributed by atoms with Crippen LogP contribution in [0.3, 0.4) is 0 Å². The number of benzene rings is 3. The van der Waals surface area contributed by atoms with E-state index >= 15 is 0 Å². The lowest BCUT2D eigenvalue weighted by molar-refractivity contribution is 0.927. The molecule has 0 aliphatic rings. The second-order valence-corrected chi connectivity index (χ2v) is 6.83. The molecule has 3 rings (SSSR count). The standard InChI is InChI=1S/C18H13BrCl2/c19-14-8-9-17(20)16(11-14)18(21)10-13-6-3-5-12-4-1-2-7-15(12)13/h1-9,11,18H,10H2. The largest absolute Gasteiger partial charge is 0.117 e. The van der Waals surface area contributed by atoms with E-state index in [1.807, 2.05) is 18.2 Å². The summed E-state index contributed by atoms with van der Waals surface area (Å²) in [5.74, 6) is 0. The second kappa shape index (κ2) is 6.39. The molecule has 0 saturated carbocycles. The van der Waals surface area contributed by atoms with Crippen LogP contribution < -0.4 is 0 Å². The molecule has 0 aromatic heterocycles. The predicted octanol–water partition coefficient (Wildman–Crippen LogP) is 6.78. The number of hydrogen-bond acceptors (Lipinski definition) is 0. The summed E-state index contributed by atoms with van der Waals surface area (Å²) in [7, 11) is 0. The van der Waals surface area contributed by atoms with Gasteiger partial charge in [-0.25, -0.2) is 0 Å². The second-order valence-electron chi connectivity index (χ2n) is 4.98. The van der Waals surface area contributed by atoms with Gasteiger partial charge in [0.25, 0.3) is 0 Å². The average Bonchev–Trinajstić information content (AvgIpc) is 2.50. The van der Waals surface area contributed by atoms with Crippen LogP contribution in [0.5, 0.6) is 0 Å². The van der Waals surface area contributed by atoms with Gasteiger partial charge < -0.3 is 0 Å². The lowest BCUT2D eigenvalue weighted by atomic mass is 9.98. The van der Waals surface area contributed by atoms with Crippen molar-refractivity contribution in [2.75, 3.05) is 0 Å². The Morgan fingerprint density at radius 2 is 1.71 bits per heavy atom. The zero-order valence-corrected chi connectivity index (χ0v) is 14.3. The van der Waals surface area contributed by atoms with Crippen molar-refractivity contribution in [2.24, 2.45) is 0 Å². The van der Waals surface area contributed by atoms with Gasteiger partial charge in [-0.1, -0.05) is 70.0 Å². The summed E-state index contributed by atoms with van der Waals surface area (Å²) < 4.78 is 0.991. The summed E-state index contributed by atoms with van der Waals surface area (Å²) in [6.45, 7) is 0. The summed E-state index contributed by atoms with van der Waals surface area (Å²) in [5.41, 5.74) is 2.20. The first kappa shape index (κ1) is 14.9. The smallest absolute Gasteiger partial charge is 0.0640 e. The number of halogens is 3. The molecule has 3 heteroatoms. The fourth-order valence-electron chi connectivity index (χ4n) is 2.53. The highest BCUT2D eigenvalue weighted by Gasteiger charge is 2.14. The third kappa shape index (κ3) is 3.26. The van der Waals surface area contributed by atoms with Crippen molar-refractivity contribution in [1.29, 1.82) is 0 Å². The molecule has 0 saturated heterocycles. The number of fused-ring (bicyclic) bond motifs is 1. The molecule has 106 valence electrons. The van der Waals surface area contributed by atoms with E-state index in [0.717, 1.165) is 16.5 Å². The van der Waals surface area contributed by atoms with Gasteiger partial charge in [0, 0.05) is 9.50 Å². The van der Waals surface area contributed by atoms with Crippen molar-refractivity contribution in [2.45, 2.75) is 11.8 Å². The van der Waals surface area contributed by atoms with Crippen LogP contribution in [-0.4, -0.2) is 0 Å². The molecule has 0 spiro atoms. The molecular weight excluding hydrogens is 367 g/mol. The Hall–Kier alpha value is -1.02. The van der Waals surface area contributed by atoms with E-state index in [0.29, 0.717) is 5.02 Å². The predicted molar refractivity (Wildman–Crippen MR) is 95.4 cm³/mol. The highest BCUT2D eigenvalue weighted by atomic mass is 79.9. The van der Waals surface area contributed by atoms with Gasteiger partial charge in [-0.2, -0.15) is 0 Å². The molecule has 0 bridgehead atoms. The fraction of sp³-hybridized carbons (Fsp3) is 0.111. The highest BCUT2D eigenvalue weighted by Crippen LogP contribution is 2.34. The maximum Gasteiger partial charge on any atom is 0.0640 e. The fourth-order valence-corrected chi connectivity index (χ4v) is 3.56. The minimum atomic E-state index is -0.152. The Kier molecular flexibility index (Phi) is 4.54. The molecule has 1 unspecified atom stereocenters. The number of hydrogen-bond donors (Lipinski definition) is 0. The molecule has 0 fully saturated rings. The average molecular weight is 380 g/mol. The first-order chi connectivity index (χ1) is 10.1. The molecule has 0 N–H and O–H groups in total. The number of alkyl halides is 1. The molecule has 3 aromatic rings. The van der Waals surface area contributed by atoms with E-state index in [-0.39, 0.29) is 5.38 Å². The summed E-state index contributed by atoms with van der Waals surface area (Å²) in [5, 5.41) is 3.04. The molecule has 0 amide bonds. The van der Waals surface area contributed by atoms with E-state index in [1.54, 1.807) is 0 Å². The van der Waals surface area contributed by atoms with Gasteiger partial charge in [0.05, 0.1) is 5.38 Å². The Labute approximate surface area is 142 Å². The first-order valence-corrected chi connectivity index (χ1v) is 8.31. The quantitative estimate of drug-likeness (QED) is 0.440. The van der Waals surface area contributed by atoms with Crippen LogP contribution in [-0.2, 0) is 6.42 Å². The Morgan fingerprint density at radius 3 is 2.57 bits per heavy atom. The minimum Gasteiger partial charge on any atom is -0.117 e. The molecule has 0 radical (unpaired) electrons. The SMILES string of the molecule is Clc1ccc(Br)cc1C(Cl)Cc1cccc2ccccc12. The molecule has 1 atom stereocenters. The lowest BCUT2D eigenvalue weighted by Gasteiger charge is -2.14. The molecular formula is C18H13BrCl2. The molecule has 21 heavy (non-hydrogen) atoms. The van der Waals surface area contributed by atoms with Crippen LogP contribution in [0.15, 0.2) is 65.1 Å². The van der Waals surface area contributed by atoms with Crippen LogP contribution in [0.4, 0.5) is 0 Å². The topological polar surface area (TPSA) is 0 Å². The van der Waals surface area contributed by atoms with Gasteiger partial charge in [0.1, 0.15) is 0 Å². The molecule has 0 heterocycles. The van der Waals surface area contributed by atoms with Gasteiger partial charge in [0.2, 0.25) is 0 Å². The van der Waals surface area contributed by atoms with E-state index in [1.165, 1.54) is 16.3 Å². The van der Waals surface area contributed by atoms with Crippen molar-refractivity contribution in [3.8, 4) is 0 Å². The molecule has 0 aliphatic heterocycles. The first-order valence-electron chi connectivity index (χ1n) is 6.71. The monoisotopic (exact) mass is 378 g/mol. The van der Waals surface area contributed by atoms with Gasteiger partial charge in [-0.15, -0.1) is 11.6 Å². The van der Waals surface area contributed by atoms with Gasteiger partial charge in [-0.3, -0.25) is 0 Å². The van der Waals surface area contributed by atoms with Crippen molar-refractivity contribution in [3.63, 3.8) is 0 Å². The molecule has 3 aromatic carbocycles. The highest BCUT2D eigenvalue weighted by molar-refractivity contribution is 9.10. The van der Waals surface area contributed by atoms with Crippen molar-refractivity contribution in [1.82, 2.24) is 0 Å². The Morgan fingerprint density at radius 1 is 0.952 bits per heavy atom. The summed E-state index contributed by atoms with van der Waals surface area (Å²) in [6, 6.07) is 20.5. The molecule has 0 aliphatic carbocycles. The van der Waals surface area contributed by atoms with Crippen LogP contribution in [0.1, 0.15) is 16.5 Å². The third-order valence-electron chi connectivity index (χ3n) is 3.57. The van der Waals surface area contributed by atoms with E-state index in [4.69, 9.17) is 23.2 Å². The Bertz CT molecular complexity index is 778. The van der Waals surface area contributed by atoms with Crippen LogP contribution in [0.2, 0.25) is 5.02 Å². The van der Waals surface area contributed by atoms with Gasteiger partial charge in [0.15, 0.2) is 0 Å². The summed E-state index contributed by atoms with van der Waals surface area (Å²) in [6.07, 6.45) is 0.749. The van der Waals surface area contributed by atoms with Crippen LogP contribution in [0, 0.1) is 0 Å². The van der Waals surface area contributed by atoms with E-state index in [9.17, 15) is 0 Å². The van der Waals surface area contributed by atoms with E-state index < -0.39 is 0 Å². The number of rotatable bonds is 3. The zero-order chi connectivity index (χ0) is 14.8. The van der Waals surface area contributed by atoms with Gasteiger partial charge >= 0.3 is 0 Å². The molecule has 0 nitrogen and oxygen atoms in total. The lowest BCUT2D eigenvalue weighted by Crippen LogP contribution is -1.98. The normalized spacial score (nSPS) is 12.5. The third-order valence-corrected chi connectivity index (χ3v) is 4.80. The van der Waals surface area contributed by atoms with Crippen LogP contribution >= 0.6 is 39.1 Å². The Balaban J connectivity index is 1.96. The zero-order valence-electron chi connectivity index (χ0n) is 11.2. The summed E-state index contributed by atoms with van der Waals surface area (Å²) in [4.78, 5) is 0. The summed E-state index contributed by atoms with van der Waals surface area (Å²) >= 11 is 16.4. The van der Waals surface area contributed by atoms with Crippen LogP contribution in [0.25, 0.3) is 10.8 Å². The minimum absolute atomic E-state index is 0.152. The van der Waals surface area contributed by atoms with E-state index in [2.05, 4.69) is 58.4 Å². The maximum absolute atomic E-state index is 6.61. The van der Waals surface area contributed by atoms with Crippen molar-refractivity contribution in [3.05, 3.63) is 81.3 Å².